The number of fused-ring (bicyclic) bond motifs is 1. The fourth-order valence-electron chi connectivity index (χ4n) is 6.17. The minimum Gasteiger partial charge on any atom is -0.748 e. The molecule has 35 heavy (non-hydrogen) atoms. The molecule has 0 bridgehead atoms. The summed E-state index contributed by atoms with van der Waals surface area (Å²) in [6.07, 6.45) is 8.78. The van der Waals surface area contributed by atoms with Crippen molar-refractivity contribution in [2.24, 2.45) is 11.8 Å². The molecule has 4 N–H and O–H groups in total. The third-order valence-corrected chi connectivity index (χ3v) is 10.4. The average Bonchev–Trinajstić information content (AvgIpc) is 2.72. The number of rotatable bonds is 6. The molecule has 6 unspecified atom stereocenters. The topological polar surface area (TPSA) is 163 Å². The molecule has 3 saturated carbocycles. The van der Waals surface area contributed by atoms with Crippen LogP contribution in [0.1, 0.15) is 64.2 Å². The van der Waals surface area contributed by atoms with Gasteiger partial charge in [-0.1, -0.05) is 5.92 Å². The number of nitrogens with one attached hydrogen (secondary N) is 4. The first kappa shape index (κ1) is 34.5. The molecule has 0 aromatic heterocycles. The maximum Gasteiger partial charge on any atom is 1.00 e. The molecule has 0 radical (unpaired) electrons. The van der Waals surface area contributed by atoms with Gasteiger partial charge < -0.3 is 15.5 Å². The van der Waals surface area contributed by atoms with Gasteiger partial charge in [-0.15, -0.1) is 0 Å². The maximum atomic E-state index is 11.6. The number of hydrogen-bond acceptors (Lipinski definition) is 10. The van der Waals surface area contributed by atoms with Gasteiger partial charge in [0.05, 0.1) is 26.4 Å². The summed E-state index contributed by atoms with van der Waals surface area (Å²) in [7, 11) is -8.45. The summed E-state index contributed by atoms with van der Waals surface area (Å²) in [4.78, 5) is 0. The molecular weight excluding hydrogens is 477 g/mol. The summed E-state index contributed by atoms with van der Waals surface area (Å²) in [5.41, 5.74) is 0. The van der Waals surface area contributed by atoms with Gasteiger partial charge in [0, 0.05) is 29.1 Å². The summed E-state index contributed by atoms with van der Waals surface area (Å²) in [6, 6.07) is 0.447. The van der Waals surface area contributed by atoms with Crippen LogP contribution in [0.5, 0.6) is 0 Å². The van der Waals surface area contributed by atoms with Crippen LogP contribution in [0.15, 0.2) is 0 Å². The summed E-state index contributed by atoms with van der Waals surface area (Å²) in [5, 5.41) is 12.6. The average molecular weight is 512 g/mol. The van der Waals surface area contributed by atoms with Gasteiger partial charge in [0.15, 0.2) is 0 Å². The van der Waals surface area contributed by atoms with Gasteiger partial charge in [-0.25, -0.2) is 16.8 Å². The van der Waals surface area contributed by atoms with Crippen molar-refractivity contribution >= 4 is 20.2 Å². The molecule has 4 aliphatic rings. The molecule has 4 rings (SSSR count). The minimum absolute atomic E-state index is 0. The molecule has 0 amide bonds. The van der Waals surface area contributed by atoms with Crippen LogP contribution in [0, 0.1) is 18.3 Å². The van der Waals surface area contributed by atoms with Crippen molar-refractivity contribution in [3.63, 3.8) is 0 Å². The van der Waals surface area contributed by atoms with Gasteiger partial charge in [0.2, 0.25) is 0 Å². The Kier molecular flexibility index (Phi) is 14.5. The zero-order chi connectivity index (χ0) is 22.9. The van der Waals surface area contributed by atoms with E-state index < -0.39 is 30.7 Å². The Bertz CT molecular complexity index is 861. The van der Waals surface area contributed by atoms with E-state index in [0.717, 1.165) is 38.6 Å². The normalized spacial score (nSPS) is 38.1. The van der Waals surface area contributed by atoms with E-state index in [0.29, 0.717) is 32.1 Å². The zero-order valence-electron chi connectivity index (χ0n) is 21.2. The van der Waals surface area contributed by atoms with Crippen LogP contribution >= 0.6 is 0 Å². The first-order chi connectivity index (χ1) is 15.1. The summed E-state index contributed by atoms with van der Waals surface area (Å²) >= 11 is 0. The first-order valence-electron chi connectivity index (χ1n) is 11.8. The van der Waals surface area contributed by atoms with Crippen LogP contribution in [0.4, 0.5) is 0 Å². The summed E-state index contributed by atoms with van der Waals surface area (Å²) < 4.78 is 68.6. The first-order valence-corrected chi connectivity index (χ1v) is 14.8. The van der Waals surface area contributed by atoms with Crippen molar-refractivity contribution in [1.29, 1.82) is 0 Å². The van der Waals surface area contributed by atoms with E-state index >= 15 is 0 Å². The molecule has 1 saturated heterocycles. The van der Waals surface area contributed by atoms with E-state index in [1.54, 1.807) is 0 Å². The third-order valence-electron chi connectivity index (χ3n) is 7.83. The molecule has 10 nitrogen and oxygen atoms in total. The molecule has 6 atom stereocenters. The van der Waals surface area contributed by atoms with Crippen molar-refractivity contribution in [1.82, 2.24) is 21.3 Å². The van der Waals surface area contributed by atoms with Gasteiger partial charge in [-0.3, -0.25) is 21.3 Å². The maximum absolute atomic E-state index is 11.6. The fourth-order valence-corrected chi connectivity index (χ4v) is 8.18. The third kappa shape index (κ3) is 9.55. The molecule has 0 aromatic carbocycles. The van der Waals surface area contributed by atoms with Gasteiger partial charge in [-0.2, -0.15) is 12.8 Å². The van der Waals surface area contributed by atoms with Crippen LogP contribution in [-0.2, 0) is 20.2 Å². The van der Waals surface area contributed by atoms with E-state index in [1.807, 2.05) is 6.42 Å². The molecule has 4 fully saturated rings. The van der Waals surface area contributed by atoms with Crippen LogP contribution in [0.2, 0.25) is 0 Å². The largest absolute Gasteiger partial charge is 1.00 e. The molecule has 15 heteroatoms. The second-order valence-corrected chi connectivity index (χ2v) is 13.2. The Morgan fingerprint density at radius 1 is 0.771 bits per heavy atom. The van der Waals surface area contributed by atoms with Crippen molar-refractivity contribution in [3.8, 4) is 0 Å². The van der Waals surface area contributed by atoms with Gasteiger partial charge in [-0.05, 0) is 57.3 Å². The zero-order valence-corrected chi connectivity index (χ0v) is 22.9. The Morgan fingerprint density at radius 2 is 1.43 bits per heavy atom. The second-order valence-electron chi connectivity index (χ2n) is 9.92. The van der Waals surface area contributed by atoms with E-state index in [9.17, 15) is 25.9 Å². The van der Waals surface area contributed by atoms with Gasteiger partial charge in [0.1, 0.15) is 6.29 Å². The van der Waals surface area contributed by atoms with E-state index in [1.165, 1.54) is 0 Å². The summed E-state index contributed by atoms with van der Waals surface area (Å²) in [6.45, 7) is 0.829. The Hall–Kier alpha value is 1.45. The van der Waals surface area contributed by atoms with Crippen molar-refractivity contribution in [3.05, 3.63) is 6.42 Å². The SMILES string of the molecule is O=S(=O)([O-])C1CCC(NC2CCNC(NC3CCC4C(C[CH-]CC4S(=O)(=O)[O-])C3)N2)CC1.[Li+].[Li+].[Li+]. The van der Waals surface area contributed by atoms with E-state index in [4.69, 9.17) is 0 Å². The van der Waals surface area contributed by atoms with Crippen molar-refractivity contribution in [2.75, 3.05) is 6.54 Å². The quantitative estimate of drug-likeness (QED) is 0.153. The molecule has 0 aromatic rings. The Morgan fingerprint density at radius 3 is 2.06 bits per heavy atom. The van der Waals surface area contributed by atoms with Crippen LogP contribution < -0.4 is 77.8 Å². The van der Waals surface area contributed by atoms with E-state index in [2.05, 4.69) is 21.3 Å². The number of hydrogen-bond donors (Lipinski definition) is 4. The molecule has 1 heterocycles. The minimum atomic E-state index is -4.26. The van der Waals surface area contributed by atoms with Crippen molar-refractivity contribution < 1.29 is 82.5 Å². The van der Waals surface area contributed by atoms with Gasteiger partial charge >= 0.3 is 56.6 Å². The Labute approximate surface area is 246 Å². The molecule has 3 aliphatic carbocycles. The molecular formula is C20H35Li3N4O6S2. The smallest absolute Gasteiger partial charge is 0.748 e. The van der Waals surface area contributed by atoms with Crippen LogP contribution in [0.25, 0.3) is 0 Å². The fraction of sp³-hybridized carbons (Fsp3) is 0.950. The standard InChI is InChI=1S/C20H37N4O6S2.3Li/c25-31(26,27)16-7-4-14(5-8-16)22-19-10-11-21-20(24-19)23-15-6-9-17-13(12-15)2-1-3-18(17)32(28,29)30;;;/h1,13-24H,2-12H2,(H,25,26,27)(H,28,29,30);;;/q-1;3*+1/p-2. The molecule has 1 aliphatic heterocycles. The predicted molar refractivity (Wildman–Crippen MR) is 117 cm³/mol. The monoisotopic (exact) mass is 512 g/mol. The summed E-state index contributed by atoms with van der Waals surface area (Å²) in [5.74, 6) is 0.198. The van der Waals surface area contributed by atoms with Crippen LogP contribution in [-0.4, -0.2) is 67.5 Å². The second kappa shape index (κ2) is 14.7. The molecule has 0 spiro atoms. The van der Waals surface area contributed by atoms with Gasteiger partial charge in [0.25, 0.3) is 0 Å². The van der Waals surface area contributed by atoms with Crippen molar-refractivity contribution in [2.45, 2.75) is 99.2 Å². The predicted octanol–water partition coefficient (Wildman–Crippen LogP) is -9.08. The van der Waals surface area contributed by atoms with E-state index in [-0.39, 0.29) is 93.0 Å². The molecule has 186 valence electrons. The Balaban J connectivity index is 0.00000204. The van der Waals surface area contributed by atoms with Crippen LogP contribution in [0.3, 0.4) is 0 Å².